The van der Waals surface area contributed by atoms with Crippen LogP contribution < -0.4 is 5.32 Å². The van der Waals surface area contributed by atoms with Crippen LogP contribution in [-0.2, 0) is 12.4 Å². The SMILES string of the molecule is C[C@@H](O)CNc1nnc(-c2ccc(C(F)(F)F)cc2C(F)(F)F)cc1C(=O)N(C)C. The van der Waals surface area contributed by atoms with E-state index < -0.39 is 46.7 Å². The van der Waals surface area contributed by atoms with Crippen LogP contribution in [0.25, 0.3) is 11.3 Å². The summed E-state index contributed by atoms with van der Waals surface area (Å²) in [5, 5.41) is 19.4. The smallest absolute Gasteiger partial charge is 0.392 e. The van der Waals surface area contributed by atoms with Crippen LogP contribution in [-0.4, -0.2) is 52.9 Å². The second kappa shape index (κ2) is 8.46. The number of nitrogens with zero attached hydrogens (tertiary/aromatic N) is 3. The Morgan fingerprint density at radius 3 is 2.23 bits per heavy atom. The standard InChI is InChI=1S/C18H18F6N4O2/c1-9(29)8-25-15-12(16(30)28(2)3)7-14(26-27-15)11-5-4-10(17(19,20)21)6-13(11)18(22,23)24/h4-7,9,29H,8H2,1-3H3,(H,25,27)/t9-/m1/s1. The highest BCUT2D eigenvalue weighted by Gasteiger charge is 2.39. The summed E-state index contributed by atoms with van der Waals surface area (Å²) < 4.78 is 79.0. The molecule has 2 aromatic rings. The quantitative estimate of drug-likeness (QED) is 0.700. The van der Waals surface area contributed by atoms with Crippen molar-refractivity contribution in [3.05, 3.63) is 41.0 Å². The van der Waals surface area contributed by atoms with Crippen LogP contribution in [0.1, 0.15) is 28.4 Å². The molecule has 0 unspecified atom stereocenters. The summed E-state index contributed by atoms with van der Waals surface area (Å²) in [5.41, 5.74) is -4.26. The van der Waals surface area contributed by atoms with Crippen LogP contribution in [0.2, 0.25) is 0 Å². The monoisotopic (exact) mass is 436 g/mol. The van der Waals surface area contributed by atoms with Gasteiger partial charge in [-0.25, -0.2) is 0 Å². The van der Waals surface area contributed by atoms with Gasteiger partial charge < -0.3 is 15.3 Å². The van der Waals surface area contributed by atoms with Crippen LogP contribution in [0.15, 0.2) is 24.3 Å². The van der Waals surface area contributed by atoms with Crippen molar-refractivity contribution in [3.63, 3.8) is 0 Å². The van der Waals surface area contributed by atoms with E-state index in [1.807, 2.05) is 0 Å². The highest BCUT2D eigenvalue weighted by molar-refractivity contribution is 5.99. The molecule has 0 aliphatic heterocycles. The minimum absolute atomic E-state index is 0.00987. The molecule has 2 rings (SSSR count). The van der Waals surface area contributed by atoms with Gasteiger partial charge in [0.15, 0.2) is 5.82 Å². The molecule has 0 spiro atoms. The molecular formula is C18H18F6N4O2. The minimum atomic E-state index is -5.10. The fraction of sp³-hybridized carbons (Fsp3) is 0.389. The summed E-state index contributed by atoms with van der Waals surface area (Å²) in [4.78, 5) is 13.6. The Kier molecular flexibility index (Phi) is 6.60. The summed E-state index contributed by atoms with van der Waals surface area (Å²) in [7, 11) is 2.81. The van der Waals surface area contributed by atoms with E-state index in [2.05, 4.69) is 15.5 Å². The number of carbonyl (C=O) groups excluding carboxylic acids is 1. The van der Waals surface area contributed by atoms with Gasteiger partial charge in [0, 0.05) is 26.2 Å². The van der Waals surface area contributed by atoms with E-state index in [4.69, 9.17) is 0 Å². The topological polar surface area (TPSA) is 78.3 Å². The lowest BCUT2D eigenvalue weighted by molar-refractivity contribution is -0.142. The molecule has 0 aliphatic carbocycles. The van der Waals surface area contributed by atoms with Crippen molar-refractivity contribution in [1.82, 2.24) is 15.1 Å². The molecule has 0 bridgehead atoms. The Labute approximate surface area is 167 Å². The van der Waals surface area contributed by atoms with Crippen molar-refractivity contribution in [1.29, 1.82) is 0 Å². The zero-order valence-corrected chi connectivity index (χ0v) is 16.1. The number of hydrogen-bond acceptors (Lipinski definition) is 5. The summed E-state index contributed by atoms with van der Waals surface area (Å²) in [5.74, 6) is -0.710. The number of carbonyl (C=O) groups is 1. The third-order valence-electron chi connectivity index (χ3n) is 3.92. The van der Waals surface area contributed by atoms with Crippen molar-refractivity contribution in [3.8, 4) is 11.3 Å². The first-order valence-corrected chi connectivity index (χ1v) is 8.52. The number of hydrogen-bond donors (Lipinski definition) is 2. The predicted molar refractivity (Wildman–Crippen MR) is 95.7 cm³/mol. The Morgan fingerprint density at radius 1 is 1.10 bits per heavy atom. The highest BCUT2D eigenvalue weighted by atomic mass is 19.4. The molecular weight excluding hydrogens is 418 g/mol. The molecule has 164 valence electrons. The van der Waals surface area contributed by atoms with E-state index in [0.717, 1.165) is 11.0 Å². The van der Waals surface area contributed by atoms with Crippen LogP contribution in [0.3, 0.4) is 0 Å². The number of aliphatic hydroxyl groups is 1. The van der Waals surface area contributed by atoms with E-state index in [9.17, 15) is 36.2 Å². The number of halogens is 6. The van der Waals surface area contributed by atoms with E-state index in [1.165, 1.54) is 21.0 Å². The van der Waals surface area contributed by atoms with Gasteiger partial charge in [0.1, 0.15) is 0 Å². The molecule has 0 saturated heterocycles. The van der Waals surface area contributed by atoms with Gasteiger partial charge in [-0.1, -0.05) is 6.07 Å². The lowest BCUT2D eigenvalue weighted by Crippen LogP contribution is -2.25. The largest absolute Gasteiger partial charge is 0.417 e. The molecule has 12 heteroatoms. The highest BCUT2D eigenvalue weighted by Crippen LogP contribution is 2.40. The molecule has 0 fully saturated rings. The molecule has 6 nitrogen and oxygen atoms in total. The number of amides is 1. The lowest BCUT2D eigenvalue weighted by Gasteiger charge is -2.18. The zero-order valence-electron chi connectivity index (χ0n) is 16.1. The maximum atomic E-state index is 13.4. The summed E-state index contributed by atoms with van der Waals surface area (Å²) in [6.07, 6.45) is -10.9. The van der Waals surface area contributed by atoms with E-state index >= 15 is 0 Å². The van der Waals surface area contributed by atoms with E-state index in [-0.39, 0.29) is 24.0 Å². The van der Waals surface area contributed by atoms with E-state index in [0.29, 0.717) is 12.1 Å². The lowest BCUT2D eigenvalue weighted by atomic mass is 9.99. The van der Waals surface area contributed by atoms with Gasteiger partial charge in [0.05, 0.1) is 28.5 Å². The van der Waals surface area contributed by atoms with Gasteiger partial charge in [-0.3, -0.25) is 4.79 Å². The van der Waals surface area contributed by atoms with Crippen LogP contribution in [0.5, 0.6) is 0 Å². The molecule has 0 radical (unpaired) electrons. The Hall–Kier alpha value is -2.89. The number of aromatic nitrogens is 2. The first kappa shape index (κ1) is 23.4. The maximum Gasteiger partial charge on any atom is 0.417 e. The number of benzene rings is 1. The normalized spacial score (nSPS) is 13.1. The number of aliphatic hydroxyl groups excluding tert-OH is 1. The predicted octanol–water partition coefficient (Wildman–Crippen LogP) is 3.68. The van der Waals surface area contributed by atoms with Gasteiger partial charge >= 0.3 is 12.4 Å². The van der Waals surface area contributed by atoms with Crippen molar-refractivity contribution in [2.45, 2.75) is 25.4 Å². The second-order valence-corrected chi connectivity index (χ2v) is 6.68. The third-order valence-corrected chi connectivity index (χ3v) is 3.92. The van der Waals surface area contributed by atoms with Gasteiger partial charge in [0.25, 0.3) is 5.91 Å². The van der Waals surface area contributed by atoms with Crippen molar-refractivity contribution < 1.29 is 36.2 Å². The average molecular weight is 436 g/mol. The van der Waals surface area contributed by atoms with Gasteiger partial charge in [-0.15, -0.1) is 10.2 Å². The van der Waals surface area contributed by atoms with Crippen molar-refractivity contribution in [2.75, 3.05) is 26.0 Å². The summed E-state index contributed by atoms with van der Waals surface area (Å²) in [6, 6.07) is 2.14. The maximum absolute atomic E-state index is 13.4. The second-order valence-electron chi connectivity index (χ2n) is 6.68. The Morgan fingerprint density at radius 2 is 1.73 bits per heavy atom. The molecule has 0 aliphatic rings. The summed E-state index contributed by atoms with van der Waals surface area (Å²) in [6.45, 7) is 1.44. The Balaban J connectivity index is 2.66. The average Bonchev–Trinajstić information content (AvgIpc) is 2.63. The van der Waals surface area contributed by atoms with Crippen LogP contribution in [0.4, 0.5) is 32.2 Å². The van der Waals surface area contributed by atoms with Gasteiger partial charge in [-0.05, 0) is 25.1 Å². The molecule has 30 heavy (non-hydrogen) atoms. The molecule has 0 saturated carbocycles. The first-order chi connectivity index (χ1) is 13.7. The summed E-state index contributed by atoms with van der Waals surface area (Å²) >= 11 is 0. The molecule has 1 atom stereocenters. The minimum Gasteiger partial charge on any atom is -0.392 e. The number of rotatable bonds is 5. The van der Waals surface area contributed by atoms with Crippen molar-refractivity contribution >= 4 is 11.7 Å². The number of alkyl halides is 6. The molecule has 1 aromatic heterocycles. The molecule has 1 amide bonds. The van der Waals surface area contributed by atoms with Crippen LogP contribution in [0, 0.1) is 0 Å². The molecule has 1 aromatic carbocycles. The fourth-order valence-corrected chi connectivity index (χ4v) is 2.48. The number of anilines is 1. The van der Waals surface area contributed by atoms with Gasteiger partial charge in [0.2, 0.25) is 0 Å². The van der Waals surface area contributed by atoms with Crippen LogP contribution >= 0.6 is 0 Å². The van der Waals surface area contributed by atoms with Crippen molar-refractivity contribution in [2.24, 2.45) is 0 Å². The molecule has 1 heterocycles. The molecule has 2 N–H and O–H groups in total. The van der Waals surface area contributed by atoms with E-state index in [1.54, 1.807) is 0 Å². The first-order valence-electron chi connectivity index (χ1n) is 8.52. The number of nitrogens with one attached hydrogen (secondary N) is 1. The third kappa shape index (κ3) is 5.38. The Bertz CT molecular complexity index is 926. The zero-order chi connectivity index (χ0) is 22.9. The van der Waals surface area contributed by atoms with Gasteiger partial charge in [-0.2, -0.15) is 26.3 Å². The fourth-order valence-electron chi connectivity index (χ4n) is 2.48.